The second kappa shape index (κ2) is 6.68. The second-order valence-corrected chi connectivity index (χ2v) is 8.87. The van der Waals surface area contributed by atoms with Crippen molar-refractivity contribution in [1.82, 2.24) is 0 Å². The molecule has 0 spiro atoms. The summed E-state index contributed by atoms with van der Waals surface area (Å²) in [6, 6.07) is 0. The molecular weight excluding hydrogens is 265 g/mol. The average Bonchev–Trinajstić information content (AvgIpc) is 2.13. The van der Waals surface area contributed by atoms with Crippen molar-refractivity contribution in [3.8, 4) is 0 Å². The van der Waals surface area contributed by atoms with Crippen molar-refractivity contribution in [1.29, 1.82) is 0 Å². The maximum atomic E-state index is 13.0. The summed E-state index contributed by atoms with van der Waals surface area (Å²) in [5, 5.41) is 10.6. The number of aliphatic hydroxyl groups is 1. The Hall–Kier alpha value is 0.0700. The summed E-state index contributed by atoms with van der Waals surface area (Å²) in [5.74, 6) is 0. The molecule has 0 aliphatic heterocycles. The highest BCUT2D eigenvalue weighted by Crippen LogP contribution is 2.60. The Kier molecular flexibility index (Phi) is 6.71. The molecule has 0 saturated carbocycles. The van der Waals surface area contributed by atoms with Crippen LogP contribution in [0.2, 0.25) is 0 Å². The van der Waals surface area contributed by atoms with Crippen LogP contribution in [0.25, 0.3) is 0 Å². The molecule has 0 fully saturated rings. The van der Waals surface area contributed by atoms with E-state index in [9.17, 15) is 9.67 Å². The van der Waals surface area contributed by atoms with Gasteiger partial charge in [-0.25, -0.2) is 0 Å². The molecule has 0 radical (unpaired) electrons. The molecule has 0 saturated heterocycles. The van der Waals surface area contributed by atoms with Crippen LogP contribution >= 0.6 is 7.60 Å². The maximum absolute atomic E-state index is 13.0. The van der Waals surface area contributed by atoms with E-state index in [4.69, 9.17) is 9.05 Å². The van der Waals surface area contributed by atoms with E-state index in [1.807, 2.05) is 41.9 Å². The number of hydrogen-bond donors (Lipinski definition) is 1. The normalized spacial score (nSPS) is 17.3. The summed E-state index contributed by atoms with van der Waals surface area (Å²) in [7, 11) is 2.23. The number of aliphatic hydroxyl groups excluding tert-OH is 1. The number of hydrogen-bond acceptors (Lipinski definition) is 4. The topological polar surface area (TPSA) is 55.8 Å². The van der Waals surface area contributed by atoms with Gasteiger partial charge in [-0.15, -0.1) is 0 Å². The molecule has 116 valence electrons. The van der Waals surface area contributed by atoms with Crippen LogP contribution in [0.3, 0.4) is 0 Å². The van der Waals surface area contributed by atoms with Crippen molar-refractivity contribution in [2.75, 3.05) is 34.4 Å². The highest BCUT2D eigenvalue weighted by atomic mass is 31.2. The molecule has 0 aromatic carbocycles. The third-order valence-corrected chi connectivity index (χ3v) is 5.88. The molecule has 5 nitrogen and oxygen atoms in total. The third-order valence-electron chi connectivity index (χ3n) is 2.92. The van der Waals surface area contributed by atoms with Crippen LogP contribution in [0.15, 0.2) is 0 Å². The number of nitrogens with zero attached hydrogens (tertiary/aromatic N) is 1. The van der Waals surface area contributed by atoms with E-state index in [0.717, 1.165) is 0 Å². The zero-order valence-corrected chi connectivity index (χ0v) is 14.5. The molecule has 0 aliphatic rings. The molecule has 0 amide bonds. The molecule has 0 aromatic heterocycles. The summed E-state index contributed by atoms with van der Waals surface area (Å²) >= 11 is 0. The van der Waals surface area contributed by atoms with Gasteiger partial charge in [0.1, 0.15) is 5.66 Å². The fraction of sp³-hybridized carbons (Fsp3) is 1.00. The molecule has 0 heterocycles. The van der Waals surface area contributed by atoms with Crippen molar-refractivity contribution in [2.45, 2.75) is 46.5 Å². The van der Waals surface area contributed by atoms with Crippen molar-refractivity contribution in [3.63, 3.8) is 0 Å². The quantitative estimate of drug-likeness (QED) is 0.446. The summed E-state index contributed by atoms with van der Waals surface area (Å²) < 4.78 is 24.2. The van der Waals surface area contributed by atoms with Gasteiger partial charge in [0.25, 0.3) is 0 Å². The van der Waals surface area contributed by atoms with Gasteiger partial charge in [-0.2, -0.15) is 0 Å². The van der Waals surface area contributed by atoms with Gasteiger partial charge in [-0.1, -0.05) is 20.8 Å². The molecule has 2 unspecified atom stereocenters. The fourth-order valence-corrected chi connectivity index (χ4v) is 4.86. The van der Waals surface area contributed by atoms with Crippen molar-refractivity contribution < 1.29 is 23.2 Å². The molecule has 2 atom stereocenters. The first kappa shape index (κ1) is 19.1. The molecule has 0 aliphatic carbocycles. The van der Waals surface area contributed by atoms with Crippen LogP contribution in [0.4, 0.5) is 0 Å². The van der Waals surface area contributed by atoms with Crippen LogP contribution in [-0.4, -0.2) is 55.8 Å². The molecule has 1 N–H and O–H groups in total. The lowest BCUT2D eigenvalue weighted by Gasteiger charge is -2.43. The van der Waals surface area contributed by atoms with Crippen molar-refractivity contribution in [3.05, 3.63) is 0 Å². The monoisotopic (exact) mass is 296 g/mol. The first-order valence-corrected chi connectivity index (χ1v) is 8.39. The van der Waals surface area contributed by atoms with Crippen LogP contribution in [0.1, 0.15) is 34.6 Å². The largest absolute Gasteiger partial charge is 0.344 e. The first-order valence-electron chi connectivity index (χ1n) is 6.78. The van der Waals surface area contributed by atoms with Gasteiger partial charge in [0, 0.05) is 0 Å². The molecular formula is C13H31NO4P+. The van der Waals surface area contributed by atoms with E-state index >= 15 is 0 Å². The minimum Gasteiger partial charge on any atom is -0.344 e. The Morgan fingerprint density at radius 2 is 1.47 bits per heavy atom. The van der Waals surface area contributed by atoms with Crippen LogP contribution in [0, 0.1) is 5.41 Å². The van der Waals surface area contributed by atoms with Gasteiger partial charge in [0.2, 0.25) is 6.23 Å². The Bertz CT molecular complexity index is 310. The average molecular weight is 296 g/mol. The molecule has 0 rings (SSSR count). The summed E-state index contributed by atoms with van der Waals surface area (Å²) in [6.45, 7) is 10.00. The van der Waals surface area contributed by atoms with E-state index in [1.165, 1.54) is 0 Å². The van der Waals surface area contributed by atoms with E-state index in [0.29, 0.717) is 13.2 Å². The second-order valence-electron chi connectivity index (χ2n) is 6.72. The predicted octanol–water partition coefficient (Wildman–Crippen LogP) is 2.69. The minimum atomic E-state index is -3.37. The number of quaternary nitrogens is 1. The highest BCUT2D eigenvalue weighted by Gasteiger charge is 2.52. The Morgan fingerprint density at radius 3 is 1.68 bits per heavy atom. The zero-order chi connectivity index (χ0) is 15.5. The van der Waals surface area contributed by atoms with E-state index in [1.54, 1.807) is 13.8 Å². The Labute approximate surface area is 118 Å². The lowest BCUT2D eigenvalue weighted by atomic mass is 9.90. The van der Waals surface area contributed by atoms with Crippen molar-refractivity contribution in [2.24, 2.45) is 5.41 Å². The number of rotatable bonds is 7. The summed E-state index contributed by atoms with van der Waals surface area (Å²) in [6.07, 6.45) is -0.830. The van der Waals surface area contributed by atoms with E-state index < -0.39 is 24.9 Å². The van der Waals surface area contributed by atoms with Crippen LogP contribution in [0.5, 0.6) is 0 Å². The maximum Gasteiger partial charge on any atom is 0.342 e. The third kappa shape index (κ3) is 5.16. The van der Waals surface area contributed by atoms with Gasteiger partial charge in [0.05, 0.1) is 34.4 Å². The van der Waals surface area contributed by atoms with Gasteiger partial charge >= 0.3 is 7.60 Å². The zero-order valence-electron chi connectivity index (χ0n) is 13.6. The molecule has 0 bridgehead atoms. The first-order chi connectivity index (χ1) is 8.40. The SMILES string of the molecule is CCOP(=O)(OCC)C(C(O)[N+](C)(C)C)C(C)(C)C. The van der Waals surface area contributed by atoms with Gasteiger partial charge in [-0.05, 0) is 19.3 Å². The van der Waals surface area contributed by atoms with Crippen LogP contribution in [-0.2, 0) is 13.6 Å². The van der Waals surface area contributed by atoms with Gasteiger partial charge in [0.15, 0.2) is 0 Å². The lowest BCUT2D eigenvalue weighted by molar-refractivity contribution is -0.919. The highest BCUT2D eigenvalue weighted by molar-refractivity contribution is 7.54. The van der Waals surface area contributed by atoms with Crippen molar-refractivity contribution >= 4 is 7.60 Å². The summed E-state index contributed by atoms with van der Waals surface area (Å²) in [5.41, 5.74) is -0.981. The van der Waals surface area contributed by atoms with Gasteiger partial charge < -0.3 is 18.6 Å². The Balaban J connectivity index is 5.64. The van der Waals surface area contributed by atoms with E-state index in [2.05, 4.69) is 0 Å². The van der Waals surface area contributed by atoms with Gasteiger partial charge in [-0.3, -0.25) is 4.57 Å². The standard InChI is InChI=1S/C13H31NO4P/c1-9-17-19(16,18-10-2)11(13(3,4)5)12(15)14(6,7)8/h11-12,15H,9-10H2,1-8H3/q+1. The molecule has 6 heteroatoms. The minimum absolute atomic E-state index is 0.284. The van der Waals surface area contributed by atoms with Crippen LogP contribution < -0.4 is 0 Å². The smallest absolute Gasteiger partial charge is 0.342 e. The Morgan fingerprint density at radius 1 is 1.11 bits per heavy atom. The van der Waals surface area contributed by atoms with E-state index in [-0.39, 0.29) is 4.48 Å². The molecule has 19 heavy (non-hydrogen) atoms. The predicted molar refractivity (Wildman–Crippen MR) is 78.1 cm³/mol. The fourth-order valence-electron chi connectivity index (χ4n) is 2.07. The lowest BCUT2D eigenvalue weighted by Crippen LogP contribution is -2.55. The summed E-state index contributed by atoms with van der Waals surface area (Å²) in [4.78, 5) is 0. The molecule has 0 aromatic rings.